The topological polar surface area (TPSA) is 81.7 Å². The highest BCUT2D eigenvalue weighted by Gasteiger charge is 2.08. The number of aromatic nitrogens is 4. The van der Waals surface area contributed by atoms with Gasteiger partial charge in [0.1, 0.15) is 0 Å². The maximum absolute atomic E-state index is 13.4. The zero-order valence-corrected chi connectivity index (χ0v) is 10.3. The molecule has 0 saturated carbocycles. The molecule has 0 saturated heterocycles. The largest absolute Gasteiger partial charge is 0.368 e. The van der Waals surface area contributed by atoms with Gasteiger partial charge in [0.05, 0.1) is 11.9 Å². The Morgan fingerprint density at radius 2 is 2.28 bits per heavy atom. The molecule has 0 aliphatic carbocycles. The van der Waals surface area contributed by atoms with Crippen molar-refractivity contribution < 1.29 is 4.39 Å². The zero-order valence-electron chi connectivity index (χ0n) is 10.3. The molecule has 0 atom stereocenters. The van der Waals surface area contributed by atoms with Crippen LogP contribution in [0.2, 0.25) is 0 Å². The normalized spacial score (nSPS) is 10.6. The Hall–Kier alpha value is -2.18. The Kier molecular flexibility index (Phi) is 3.40. The van der Waals surface area contributed by atoms with Crippen molar-refractivity contribution in [2.75, 3.05) is 11.1 Å². The predicted octanol–water partition coefficient (Wildman–Crippen LogP) is 1.11. The Morgan fingerprint density at radius 1 is 1.50 bits per heavy atom. The molecule has 0 aliphatic heterocycles. The van der Waals surface area contributed by atoms with E-state index in [0.29, 0.717) is 6.54 Å². The zero-order chi connectivity index (χ0) is 13.1. The summed E-state index contributed by atoms with van der Waals surface area (Å²) in [7, 11) is 1.85. The molecule has 96 valence electrons. The van der Waals surface area contributed by atoms with Crippen LogP contribution in [0, 0.1) is 5.82 Å². The van der Waals surface area contributed by atoms with Crippen molar-refractivity contribution in [2.45, 2.75) is 19.9 Å². The molecule has 0 aromatic carbocycles. The number of aryl methyl sites for hydroxylation is 2. The molecule has 2 heterocycles. The quantitative estimate of drug-likeness (QED) is 0.849. The van der Waals surface area contributed by atoms with Gasteiger partial charge in [-0.3, -0.25) is 4.68 Å². The third-order valence-corrected chi connectivity index (χ3v) is 2.54. The maximum Gasteiger partial charge on any atom is 0.222 e. The van der Waals surface area contributed by atoms with Crippen molar-refractivity contribution in [3.8, 4) is 0 Å². The van der Waals surface area contributed by atoms with Gasteiger partial charge >= 0.3 is 0 Å². The second kappa shape index (κ2) is 4.99. The number of hydrogen-bond acceptors (Lipinski definition) is 5. The number of nitrogens with two attached hydrogens (primary N) is 1. The average molecular weight is 250 g/mol. The van der Waals surface area contributed by atoms with E-state index in [-0.39, 0.29) is 11.8 Å². The molecule has 3 N–H and O–H groups in total. The first-order chi connectivity index (χ1) is 8.60. The summed E-state index contributed by atoms with van der Waals surface area (Å²) in [6, 6.07) is 0. The first-order valence-electron chi connectivity index (χ1n) is 5.63. The highest BCUT2D eigenvalue weighted by molar-refractivity contribution is 5.40. The summed E-state index contributed by atoms with van der Waals surface area (Å²) in [4.78, 5) is 7.37. The third-order valence-electron chi connectivity index (χ3n) is 2.54. The number of hydrogen-bond donors (Lipinski definition) is 2. The second-order valence-electron chi connectivity index (χ2n) is 3.91. The van der Waals surface area contributed by atoms with Crippen molar-refractivity contribution in [1.29, 1.82) is 0 Å². The summed E-state index contributed by atoms with van der Waals surface area (Å²) in [6.45, 7) is 2.47. The first kappa shape index (κ1) is 12.3. The summed E-state index contributed by atoms with van der Waals surface area (Å²) in [5, 5.41) is 7.21. The van der Waals surface area contributed by atoms with Gasteiger partial charge in [0.2, 0.25) is 5.95 Å². The molecule has 2 aromatic rings. The molecule has 0 amide bonds. The highest BCUT2D eigenvalue weighted by Crippen LogP contribution is 2.13. The van der Waals surface area contributed by atoms with Crippen LogP contribution < -0.4 is 11.1 Å². The molecule has 0 fully saturated rings. The molecular formula is C11H15FN6. The fourth-order valence-electron chi connectivity index (χ4n) is 1.71. The van der Waals surface area contributed by atoms with E-state index in [1.807, 2.05) is 20.2 Å². The average Bonchev–Trinajstić information content (AvgIpc) is 2.71. The molecule has 0 radical (unpaired) electrons. The molecule has 18 heavy (non-hydrogen) atoms. The molecule has 0 unspecified atom stereocenters. The minimum atomic E-state index is -0.522. The van der Waals surface area contributed by atoms with Crippen molar-refractivity contribution >= 4 is 11.8 Å². The molecule has 2 aromatic heterocycles. The van der Waals surface area contributed by atoms with Crippen molar-refractivity contribution in [3.05, 3.63) is 29.5 Å². The monoisotopic (exact) mass is 250 g/mol. The molecule has 0 spiro atoms. The smallest absolute Gasteiger partial charge is 0.222 e. The third kappa shape index (κ3) is 2.55. The summed E-state index contributed by atoms with van der Waals surface area (Å²) >= 11 is 0. The first-order valence-corrected chi connectivity index (χ1v) is 5.63. The molecule has 0 bridgehead atoms. The lowest BCUT2D eigenvalue weighted by atomic mass is 10.2. The van der Waals surface area contributed by atoms with Crippen molar-refractivity contribution in [2.24, 2.45) is 7.05 Å². The maximum atomic E-state index is 13.4. The molecule has 0 aliphatic rings. The number of anilines is 2. The number of nitrogens with one attached hydrogen (secondary N) is 1. The van der Waals surface area contributed by atoms with Gasteiger partial charge < -0.3 is 11.1 Å². The number of rotatable bonds is 4. The summed E-state index contributed by atoms with van der Waals surface area (Å²) in [5.74, 6) is -0.375. The van der Waals surface area contributed by atoms with E-state index in [2.05, 4.69) is 20.4 Å². The second-order valence-corrected chi connectivity index (χ2v) is 3.91. The van der Waals surface area contributed by atoms with E-state index in [1.165, 1.54) is 0 Å². The van der Waals surface area contributed by atoms with Gasteiger partial charge in [-0.05, 0) is 6.42 Å². The van der Waals surface area contributed by atoms with E-state index in [9.17, 15) is 4.39 Å². The van der Waals surface area contributed by atoms with Crippen LogP contribution >= 0.6 is 0 Å². The Balaban J connectivity index is 2.13. The van der Waals surface area contributed by atoms with Crippen LogP contribution in [0.1, 0.15) is 18.2 Å². The summed E-state index contributed by atoms with van der Waals surface area (Å²) in [6.07, 6.45) is 3.77. The van der Waals surface area contributed by atoms with E-state index in [0.717, 1.165) is 23.9 Å². The van der Waals surface area contributed by atoms with Crippen LogP contribution in [-0.2, 0) is 20.0 Å². The standard InChI is InChI=1S/C11H15FN6/c1-3-9-7(6-18(2)17-9)4-14-10-8(12)5-15-11(13)16-10/h5-6H,3-4H2,1-2H3,(H3,13,14,15,16). The van der Waals surface area contributed by atoms with E-state index in [1.54, 1.807) is 4.68 Å². The molecular weight excluding hydrogens is 235 g/mol. The number of nitrogen functional groups attached to an aromatic ring is 1. The van der Waals surface area contributed by atoms with Crippen LogP contribution in [0.15, 0.2) is 12.4 Å². The van der Waals surface area contributed by atoms with Crippen LogP contribution in [0.4, 0.5) is 16.2 Å². The van der Waals surface area contributed by atoms with Gasteiger partial charge in [0, 0.05) is 25.4 Å². The molecule has 6 nitrogen and oxygen atoms in total. The summed E-state index contributed by atoms with van der Waals surface area (Å²) < 4.78 is 15.1. The van der Waals surface area contributed by atoms with Crippen LogP contribution in [0.5, 0.6) is 0 Å². The number of nitrogens with zero attached hydrogens (tertiary/aromatic N) is 4. The molecule has 7 heteroatoms. The Morgan fingerprint density at radius 3 is 3.00 bits per heavy atom. The lowest BCUT2D eigenvalue weighted by molar-refractivity contribution is 0.617. The van der Waals surface area contributed by atoms with Gasteiger partial charge in [0.25, 0.3) is 0 Å². The highest BCUT2D eigenvalue weighted by atomic mass is 19.1. The van der Waals surface area contributed by atoms with Crippen LogP contribution in [-0.4, -0.2) is 19.7 Å². The fourth-order valence-corrected chi connectivity index (χ4v) is 1.71. The van der Waals surface area contributed by atoms with Gasteiger partial charge in [-0.2, -0.15) is 10.1 Å². The van der Waals surface area contributed by atoms with Crippen LogP contribution in [0.25, 0.3) is 0 Å². The molecule has 2 rings (SSSR count). The van der Waals surface area contributed by atoms with Gasteiger partial charge in [-0.25, -0.2) is 9.37 Å². The Labute approximate surface area is 104 Å². The Bertz CT molecular complexity index is 550. The van der Waals surface area contributed by atoms with Gasteiger partial charge in [-0.15, -0.1) is 0 Å². The minimum Gasteiger partial charge on any atom is -0.368 e. The van der Waals surface area contributed by atoms with Crippen LogP contribution in [0.3, 0.4) is 0 Å². The lowest BCUT2D eigenvalue weighted by Crippen LogP contribution is -2.07. The SMILES string of the molecule is CCc1nn(C)cc1CNc1nc(N)ncc1F. The minimum absolute atomic E-state index is 0.0424. The van der Waals surface area contributed by atoms with Crippen molar-refractivity contribution in [3.63, 3.8) is 0 Å². The van der Waals surface area contributed by atoms with E-state index >= 15 is 0 Å². The van der Waals surface area contributed by atoms with Gasteiger partial charge in [-0.1, -0.05) is 6.92 Å². The predicted molar refractivity (Wildman–Crippen MR) is 66.3 cm³/mol. The lowest BCUT2D eigenvalue weighted by Gasteiger charge is -2.06. The summed E-state index contributed by atoms with van der Waals surface area (Å²) in [5.41, 5.74) is 7.40. The van der Waals surface area contributed by atoms with Crippen molar-refractivity contribution in [1.82, 2.24) is 19.7 Å². The van der Waals surface area contributed by atoms with E-state index in [4.69, 9.17) is 5.73 Å². The van der Waals surface area contributed by atoms with E-state index < -0.39 is 5.82 Å². The fraction of sp³-hybridized carbons (Fsp3) is 0.364. The number of halogens is 1. The van der Waals surface area contributed by atoms with Gasteiger partial charge in [0.15, 0.2) is 11.6 Å².